The standard InChI is InChI=1S/C85H55B3N4O5/c1-54-26-20-23-41-70(54)92-71-52-75-67(50-66(71)86-64-39-21-24-42-73(64)93-78-45-61(44-72(92)83(78)86)89(55-27-8-2-9-28-55)56-29-10-3-11-30-56)88-69-51-68-76(53-77(69)97-82-49-63(48-81(95-75)85(82)88)91(59-35-16-6-17-36-59)60-37-18-7-19-38-60)96-80-47-62(46-79-84(80)87(68)65-40-22-25-43-74(65)94-79)90(57-31-12-4-13-32-57)58-33-14-5-15-34-58/h2-53H,1H3. The van der Waals surface area contributed by atoms with Crippen LogP contribution in [-0.4, -0.2) is 20.1 Å². The van der Waals surface area contributed by atoms with Crippen LogP contribution in [0.1, 0.15) is 5.56 Å². The van der Waals surface area contributed by atoms with Crippen LogP contribution in [0.25, 0.3) is 0 Å². The second kappa shape index (κ2) is 21.8. The Bertz CT molecular complexity index is 5400. The summed E-state index contributed by atoms with van der Waals surface area (Å²) in [6, 6.07) is 111. The van der Waals surface area contributed by atoms with Crippen LogP contribution in [0.15, 0.2) is 315 Å². The monoisotopic (exact) mass is 1240 g/mol. The Morgan fingerprint density at radius 3 is 0.938 bits per heavy atom. The Morgan fingerprint density at radius 2 is 0.526 bits per heavy atom. The van der Waals surface area contributed by atoms with E-state index in [4.69, 9.17) is 23.7 Å². The van der Waals surface area contributed by atoms with Crippen molar-refractivity contribution in [3.8, 4) is 57.5 Å². The molecule has 14 aromatic rings. The minimum atomic E-state index is -0.372. The summed E-state index contributed by atoms with van der Waals surface area (Å²) in [7, 11) is 0. The van der Waals surface area contributed by atoms with Crippen LogP contribution in [0.5, 0.6) is 57.5 Å². The van der Waals surface area contributed by atoms with Gasteiger partial charge in [-0.15, -0.1) is 0 Å². The lowest BCUT2D eigenvalue weighted by molar-refractivity contribution is 0.452. The van der Waals surface area contributed by atoms with E-state index in [-0.39, 0.29) is 20.1 Å². The maximum absolute atomic E-state index is 7.68. The van der Waals surface area contributed by atoms with Crippen molar-refractivity contribution in [1.82, 2.24) is 0 Å². The Labute approximate surface area is 563 Å². The zero-order valence-electron chi connectivity index (χ0n) is 52.6. The van der Waals surface area contributed by atoms with Gasteiger partial charge in [0.25, 0.3) is 20.1 Å². The van der Waals surface area contributed by atoms with E-state index in [1.807, 2.05) is 12.1 Å². The predicted molar refractivity (Wildman–Crippen MR) is 396 cm³/mol. The Hall–Kier alpha value is -12.5. The molecule has 0 bridgehead atoms. The molecule has 20 rings (SSSR count). The van der Waals surface area contributed by atoms with E-state index in [1.165, 1.54) is 0 Å². The highest BCUT2D eigenvalue weighted by molar-refractivity contribution is 7.02. The summed E-state index contributed by atoms with van der Waals surface area (Å²) >= 11 is 0. The van der Waals surface area contributed by atoms with Crippen LogP contribution in [0.2, 0.25) is 0 Å². The first-order valence-electron chi connectivity index (χ1n) is 33.0. The van der Waals surface area contributed by atoms with Gasteiger partial charge in [0.2, 0.25) is 0 Å². The van der Waals surface area contributed by atoms with Crippen molar-refractivity contribution in [3.63, 3.8) is 0 Å². The molecule has 0 N–H and O–H groups in total. The molecule has 0 radical (unpaired) electrons. The average Bonchev–Trinajstić information content (AvgIpc) is 0.699. The fourth-order valence-electron chi connectivity index (χ4n) is 15.9. The zero-order chi connectivity index (χ0) is 63.8. The van der Waals surface area contributed by atoms with Crippen LogP contribution in [0.3, 0.4) is 0 Å². The Kier molecular flexibility index (Phi) is 12.3. The van der Waals surface area contributed by atoms with Crippen LogP contribution in [0, 0.1) is 6.92 Å². The van der Waals surface area contributed by atoms with Crippen LogP contribution < -0.4 is 92.4 Å². The minimum Gasteiger partial charge on any atom is -0.458 e. The number of hydrogen-bond acceptors (Lipinski definition) is 9. The molecule has 0 fully saturated rings. The van der Waals surface area contributed by atoms with Crippen molar-refractivity contribution in [1.29, 1.82) is 0 Å². The van der Waals surface area contributed by atoms with E-state index in [2.05, 4.69) is 330 Å². The lowest BCUT2D eigenvalue weighted by Crippen LogP contribution is -2.64. The molecule has 0 spiro atoms. The third-order valence-electron chi connectivity index (χ3n) is 20.0. The number of aryl methyl sites for hydroxylation is 1. The molecule has 14 aromatic carbocycles. The van der Waals surface area contributed by atoms with E-state index in [0.29, 0.717) is 23.0 Å². The van der Waals surface area contributed by atoms with Crippen LogP contribution in [0.4, 0.5) is 68.2 Å². The normalized spacial score (nSPS) is 13.1. The summed E-state index contributed by atoms with van der Waals surface area (Å²) in [5, 5.41) is 0. The molecular formula is C85H55B3N4O5. The maximum atomic E-state index is 7.68. The second-order valence-electron chi connectivity index (χ2n) is 25.5. The van der Waals surface area contributed by atoms with Crippen molar-refractivity contribution >= 4 is 138 Å². The smallest absolute Gasteiger partial charge is 0.260 e. The number of ether oxygens (including phenoxy) is 5. The summed E-state index contributed by atoms with van der Waals surface area (Å²) in [5.74, 6) is 7.45. The predicted octanol–water partition coefficient (Wildman–Crippen LogP) is 16.3. The molecule has 0 unspecified atom stereocenters. The number of rotatable bonds is 10. The van der Waals surface area contributed by atoms with Crippen molar-refractivity contribution in [3.05, 3.63) is 321 Å². The summed E-state index contributed by atoms with van der Waals surface area (Å²) in [5.41, 5.74) is 22.4. The van der Waals surface area contributed by atoms with Gasteiger partial charge in [-0.1, -0.05) is 176 Å². The number of anilines is 12. The second-order valence-corrected chi connectivity index (χ2v) is 25.5. The topological polar surface area (TPSA) is 59.1 Å². The molecule has 97 heavy (non-hydrogen) atoms. The lowest BCUT2D eigenvalue weighted by atomic mass is 9.30. The number of fused-ring (bicyclic) bond motifs is 12. The first-order valence-corrected chi connectivity index (χ1v) is 33.0. The first-order chi connectivity index (χ1) is 48.0. The number of nitrogens with zero attached hydrogens (tertiary/aromatic N) is 4. The highest BCUT2D eigenvalue weighted by Crippen LogP contribution is 2.50. The Balaban J connectivity index is 0.825. The highest BCUT2D eigenvalue weighted by Gasteiger charge is 2.49. The van der Waals surface area contributed by atoms with Gasteiger partial charge in [0.1, 0.15) is 57.5 Å². The summed E-state index contributed by atoms with van der Waals surface area (Å²) < 4.78 is 36.9. The van der Waals surface area contributed by atoms with E-state index in [0.717, 1.165) is 157 Å². The molecule has 0 aliphatic carbocycles. The largest absolute Gasteiger partial charge is 0.458 e. The van der Waals surface area contributed by atoms with Gasteiger partial charge in [-0.3, -0.25) is 0 Å². The molecule has 0 aromatic heterocycles. The molecule has 6 aliphatic rings. The SMILES string of the molecule is Cc1ccccc1N1c2cc3c(cc2B2c4ccccc4Oc4cc(N(c5ccccc5)c5ccccc5)cc1c42)B1c2cc4c(cc2Oc2cc(N(c5ccccc5)c5ccccc5)cc(c21)O3)Oc1cc(N(c2ccccc2)c2ccccc2)cc2c1B4c1ccccc1O2. The molecule has 6 aliphatic heterocycles. The number of hydrogen-bond donors (Lipinski definition) is 0. The lowest BCUT2D eigenvalue weighted by Gasteiger charge is -2.43. The van der Waals surface area contributed by atoms with E-state index in [9.17, 15) is 0 Å². The first kappa shape index (κ1) is 55.0. The number of para-hydroxylation sites is 9. The van der Waals surface area contributed by atoms with Crippen molar-refractivity contribution in [2.24, 2.45) is 0 Å². The number of benzene rings is 14. The van der Waals surface area contributed by atoms with Crippen molar-refractivity contribution in [2.45, 2.75) is 6.92 Å². The molecule has 6 heterocycles. The van der Waals surface area contributed by atoms with E-state index < -0.39 is 0 Å². The van der Waals surface area contributed by atoms with Crippen molar-refractivity contribution < 1.29 is 23.7 Å². The third kappa shape index (κ3) is 8.69. The zero-order valence-corrected chi connectivity index (χ0v) is 52.6. The van der Waals surface area contributed by atoms with E-state index in [1.54, 1.807) is 0 Å². The van der Waals surface area contributed by atoms with Gasteiger partial charge < -0.3 is 43.3 Å². The van der Waals surface area contributed by atoms with Crippen LogP contribution >= 0.6 is 0 Å². The maximum Gasteiger partial charge on any atom is 0.260 e. The van der Waals surface area contributed by atoms with Gasteiger partial charge >= 0.3 is 0 Å². The fraction of sp³-hybridized carbons (Fsp3) is 0.0118. The molecule has 12 heteroatoms. The molecule has 0 amide bonds. The molecular weight excluding hydrogens is 1190 g/mol. The molecule has 0 saturated carbocycles. The van der Waals surface area contributed by atoms with Gasteiger partial charge in [0, 0.05) is 105 Å². The van der Waals surface area contributed by atoms with Gasteiger partial charge in [0.15, 0.2) is 0 Å². The third-order valence-corrected chi connectivity index (χ3v) is 20.0. The summed E-state index contributed by atoms with van der Waals surface area (Å²) in [6.45, 7) is 1.34. The van der Waals surface area contributed by atoms with Gasteiger partial charge in [0.05, 0.1) is 17.1 Å². The summed E-state index contributed by atoms with van der Waals surface area (Å²) in [6.07, 6.45) is 0. The Morgan fingerprint density at radius 1 is 0.216 bits per heavy atom. The van der Waals surface area contributed by atoms with Crippen molar-refractivity contribution in [2.75, 3.05) is 19.6 Å². The average molecular weight is 1240 g/mol. The summed E-state index contributed by atoms with van der Waals surface area (Å²) in [4.78, 5) is 9.31. The quantitative estimate of drug-likeness (QED) is 0.125. The highest BCUT2D eigenvalue weighted by atomic mass is 16.5. The molecule has 0 saturated heterocycles. The van der Waals surface area contributed by atoms with E-state index >= 15 is 0 Å². The fourth-order valence-corrected chi connectivity index (χ4v) is 15.9. The molecule has 9 nitrogen and oxygen atoms in total. The van der Waals surface area contributed by atoms with Gasteiger partial charge in [-0.25, -0.2) is 0 Å². The molecule has 0 atom stereocenters. The minimum absolute atomic E-state index is 0.241. The van der Waals surface area contributed by atoms with Gasteiger partial charge in [-0.05, 0) is 148 Å². The molecule has 454 valence electrons. The van der Waals surface area contributed by atoms with Gasteiger partial charge in [-0.2, -0.15) is 0 Å². The van der Waals surface area contributed by atoms with Crippen LogP contribution in [-0.2, 0) is 0 Å².